The number of aromatic nitrogens is 1. The van der Waals surface area contributed by atoms with E-state index in [9.17, 15) is 0 Å². The molecule has 0 spiro atoms. The first kappa shape index (κ1) is 12.5. The molecule has 3 heteroatoms. The first-order valence-corrected chi connectivity index (χ1v) is 7.23. The summed E-state index contributed by atoms with van der Waals surface area (Å²) in [6, 6.07) is 6.24. The third-order valence-corrected chi connectivity index (χ3v) is 4.07. The minimum atomic E-state index is 0.934. The van der Waals surface area contributed by atoms with Crippen LogP contribution in [0.2, 0.25) is 0 Å². The number of aromatic amines is 1. The predicted molar refractivity (Wildman–Crippen MR) is 78.6 cm³/mol. The van der Waals surface area contributed by atoms with E-state index in [-0.39, 0.29) is 0 Å². The van der Waals surface area contributed by atoms with Gasteiger partial charge >= 0.3 is 0 Å². The SMILES string of the molecule is COc1ccc2[nH]cc(CN3CCCCCC3)c2c1. The second-order valence-corrected chi connectivity index (χ2v) is 5.42. The third-order valence-electron chi connectivity index (χ3n) is 4.07. The van der Waals surface area contributed by atoms with Gasteiger partial charge in [-0.15, -0.1) is 0 Å². The van der Waals surface area contributed by atoms with Crippen LogP contribution in [0.5, 0.6) is 5.75 Å². The van der Waals surface area contributed by atoms with Crippen LogP contribution >= 0.6 is 0 Å². The fourth-order valence-electron chi connectivity index (χ4n) is 2.95. The Morgan fingerprint density at radius 2 is 1.95 bits per heavy atom. The van der Waals surface area contributed by atoms with Crippen molar-refractivity contribution in [2.75, 3.05) is 20.2 Å². The Bertz CT molecular complexity index is 539. The van der Waals surface area contributed by atoms with Crippen molar-refractivity contribution in [3.63, 3.8) is 0 Å². The Hall–Kier alpha value is -1.48. The van der Waals surface area contributed by atoms with E-state index in [0.29, 0.717) is 0 Å². The lowest BCUT2D eigenvalue weighted by Crippen LogP contribution is -2.23. The topological polar surface area (TPSA) is 28.3 Å². The van der Waals surface area contributed by atoms with Gasteiger partial charge in [0.25, 0.3) is 0 Å². The molecule has 0 unspecified atom stereocenters. The summed E-state index contributed by atoms with van der Waals surface area (Å²) in [6.07, 6.45) is 7.60. The normalized spacial score (nSPS) is 17.5. The maximum atomic E-state index is 5.33. The van der Waals surface area contributed by atoms with Crippen LogP contribution in [0.4, 0.5) is 0 Å². The molecule has 2 aromatic rings. The van der Waals surface area contributed by atoms with Crippen LogP contribution < -0.4 is 4.74 Å². The van der Waals surface area contributed by atoms with Crippen LogP contribution in [0.3, 0.4) is 0 Å². The van der Waals surface area contributed by atoms with Gasteiger partial charge in [-0.1, -0.05) is 12.8 Å². The van der Waals surface area contributed by atoms with E-state index in [1.807, 2.05) is 6.07 Å². The zero-order valence-electron chi connectivity index (χ0n) is 11.6. The Morgan fingerprint density at radius 1 is 1.16 bits per heavy atom. The van der Waals surface area contributed by atoms with Crippen molar-refractivity contribution in [2.24, 2.45) is 0 Å². The molecular weight excluding hydrogens is 236 g/mol. The van der Waals surface area contributed by atoms with Crippen LogP contribution in [0.15, 0.2) is 24.4 Å². The van der Waals surface area contributed by atoms with Crippen LogP contribution in [-0.2, 0) is 6.54 Å². The Kier molecular flexibility index (Phi) is 3.74. The number of rotatable bonds is 3. The molecule has 0 bridgehead atoms. The summed E-state index contributed by atoms with van der Waals surface area (Å²) < 4.78 is 5.33. The van der Waals surface area contributed by atoms with E-state index in [1.165, 1.54) is 55.2 Å². The predicted octanol–water partition coefficient (Wildman–Crippen LogP) is 3.55. The summed E-state index contributed by atoms with van der Waals surface area (Å²) in [6.45, 7) is 3.51. The van der Waals surface area contributed by atoms with Gasteiger partial charge in [-0.2, -0.15) is 0 Å². The minimum Gasteiger partial charge on any atom is -0.497 e. The highest BCUT2D eigenvalue weighted by molar-refractivity contribution is 5.84. The molecule has 0 radical (unpaired) electrons. The standard InChI is InChI=1S/C16H22N2O/c1-19-14-6-7-16-15(10-14)13(11-17-16)12-18-8-4-2-3-5-9-18/h6-7,10-11,17H,2-5,8-9,12H2,1H3. The molecule has 1 aliphatic heterocycles. The fraction of sp³-hybridized carbons (Fsp3) is 0.500. The van der Waals surface area contributed by atoms with Crippen molar-refractivity contribution in [3.8, 4) is 5.75 Å². The number of H-pyrrole nitrogens is 1. The van der Waals surface area contributed by atoms with Gasteiger partial charge in [-0.3, -0.25) is 4.90 Å². The summed E-state index contributed by atoms with van der Waals surface area (Å²) in [4.78, 5) is 5.94. The van der Waals surface area contributed by atoms with E-state index < -0.39 is 0 Å². The summed E-state index contributed by atoms with van der Waals surface area (Å²) >= 11 is 0. The number of ether oxygens (including phenoxy) is 1. The number of likely N-dealkylation sites (tertiary alicyclic amines) is 1. The molecule has 0 amide bonds. The highest BCUT2D eigenvalue weighted by atomic mass is 16.5. The molecular formula is C16H22N2O. The molecule has 0 aliphatic carbocycles. The molecule has 19 heavy (non-hydrogen) atoms. The second-order valence-electron chi connectivity index (χ2n) is 5.42. The number of hydrogen-bond acceptors (Lipinski definition) is 2. The van der Waals surface area contributed by atoms with Crippen molar-refractivity contribution in [2.45, 2.75) is 32.2 Å². The van der Waals surface area contributed by atoms with Gasteiger partial charge in [0.1, 0.15) is 5.75 Å². The number of nitrogens with one attached hydrogen (secondary N) is 1. The van der Waals surface area contributed by atoms with Crippen molar-refractivity contribution in [1.29, 1.82) is 0 Å². The minimum absolute atomic E-state index is 0.934. The quantitative estimate of drug-likeness (QED) is 0.912. The molecule has 1 N–H and O–H groups in total. The number of benzene rings is 1. The molecule has 3 rings (SSSR count). The molecule has 1 aliphatic rings. The van der Waals surface area contributed by atoms with Crippen molar-refractivity contribution >= 4 is 10.9 Å². The Labute approximate surface area is 114 Å². The van der Waals surface area contributed by atoms with Gasteiger partial charge < -0.3 is 9.72 Å². The van der Waals surface area contributed by atoms with Crippen molar-refractivity contribution in [1.82, 2.24) is 9.88 Å². The lowest BCUT2D eigenvalue weighted by molar-refractivity contribution is 0.278. The Balaban J connectivity index is 1.83. The monoisotopic (exact) mass is 258 g/mol. The zero-order chi connectivity index (χ0) is 13.1. The van der Waals surface area contributed by atoms with Gasteiger partial charge in [0.15, 0.2) is 0 Å². The van der Waals surface area contributed by atoms with Gasteiger partial charge in [0, 0.05) is 23.6 Å². The van der Waals surface area contributed by atoms with Gasteiger partial charge in [-0.05, 0) is 49.7 Å². The van der Waals surface area contributed by atoms with Gasteiger partial charge in [0.2, 0.25) is 0 Å². The lowest BCUT2D eigenvalue weighted by atomic mass is 10.1. The zero-order valence-corrected chi connectivity index (χ0v) is 11.6. The molecule has 102 valence electrons. The first-order valence-electron chi connectivity index (χ1n) is 7.23. The van der Waals surface area contributed by atoms with E-state index in [4.69, 9.17) is 4.74 Å². The summed E-state index contributed by atoms with van der Waals surface area (Å²) in [5.74, 6) is 0.934. The van der Waals surface area contributed by atoms with Crippen molar-refractivity contribution in [3.05, 3.63) is 30.0 Å². The van der Waals surface area contributed by atoms with E-state index >= 15 is 0 Å². The highest BCUT2D eigenvalue weighted by Gasteiger charge is 2.12. The summed E-state index contributed by atoms with van der Waals surface area (Å²) in [7, 11) is 1.72. The molecule has 0 saturated carbocycles. The van der Waals surface area contributed by atoms with E-state index in [0.717, 1.165) is 12.3 Å². The van der Waals surface area contributed by atoms with Crippen molar-refractivity contribution < 1.29 is 4.74 Å². The van der Waals surface area contributed by atoms with Crippen LogP contribution in [-0.4, -0.2) is 30.1 Å². The Morgan fingerprint density at radius 3 is 2.68 bits per heavy atom. The van der Waals surface area contributed by atoms with Gasteiger partial charge in [-0.25, -0.2) is 0 Å². The van der Waals surface area contributed by atoms with Gasteiger partial charge in [0.05, 0.1) is 7.11 Å². The first-order chi connectivity index (χ1) is 9.36. The van der Waals surface area contributed by atoms with E-state index in [1.54, 1.807) is 7.11 Å². The maximum absolute atomic E-state index is 5.33. The number of hydrogen-bond donors (Lipinski definition) is 1. The van der Waals surface area contributed by atoms with E-state index in [2.05, 4.69) is 28.2 Å². The molecule has 1 saturated heterocycles. The average molecular weight is 258 g/mol. The molecule has 1 aromatic heterocycles. The van der Waals surface area contributed by atoms with Crippen LogP contribution in [0, 0.1) is 0 Å². The molecule has 2 heterocycles. The number of fused-ring (bicyclic) bond motifs is 1. The lowest BCUT2D eigenvalue weighted by Gasteiger charge is -2.19. The third kappa shape index (κ3) is 2.76. The smallest absolute Gasteiger partial charge is 0.119 e. The fourth-order valence-corrected chi connectivity index (χ4v) is 2.95. The highest BCUT2D eigenvalue weighted by Crippen LogP contribution is 2.25. The largest absolute Gasteiger partial charge is 0.497 e. The number of methoxy groups -OCH3 is 1. The number of nitrogens with zero attached hydrogens (tertiary/aromatic N) is 1. The second kappa shape index (κ2) is 5.66. The summed E-state index contributed by atoms with van der Waals surface area (Å²) in [5.41, 5.74) is 2.58. The molecule has 1 fully saturated rings. The maximum Gasteiger partial charge on any atom is 0.119 e. The van der Waals surface area contributed by atoms with Crippen LogP contribution in [0.1, 0.15) is 31.2 Å². The average Bonchev–Trinajstić information content (AvgIpc) is 2.66. The summed E-state index contributed by atoms with van der Waals surface area (Å²) in [5, 5.41) is 1.29. The van der Waals surface area contributed by atoms with Crippen LogP contribution in [0.25, 0.3) is 10.9 Å². The molecule has 3 nitrogen and oxygen atoms in total. The molecule has 0 atom stereocenters. The molecule has 1 aromatic carbocycles.